The van der Waals surface area contributed by atoms with Gasteiger partial charge in [0.05, 0.1) is 23.7 Å². The van der Waals surface area contributed by atoms with Gasteiger partial charge in [-0.2, -0.15) is 4.31 Å². The second kappa shape index (κ2) is 14.8. The van der Waals surface area contributed by atoms with Gasteiger partial charge < -0.3 is 35.2 Å². The van der Waals surface area contributed by atoms with Crippen LogP contribution in [0.25, 0.3) is 0 Å². The minimum absolute atomic E-state index is 0.0277. The summed E-state index contributed by atoms with van der Waals surface area (Å²) in [6, 6.07) is 14.8. The Labute approximate surface area is 304 Å². The summed E-state index contributed by atoms with van der Waals surface area (Å²) in [6.07, 6.45) is 1.41. The van der Waals surface area contributed by atoms with E-state index in [0.29, 0.717) is 50.3 Å². The third-order valence-corrected chi connectivity index (χ3v) is 12.1. The van der Waals surface area contributed by atoms with Crippen molar-refractivity contribution in [3.8, 4) is 5.75 Å². The minimum atomic E-state index is -4.66. The van der Waals surface area contributed by atoms with Gasteiger partial charge in [0.25, 0.3) is 15.9 Å². The average molecular weight is 740 g/mol. The Balaban J connectivity index is 1.43. The highest BCUT2D eigenvalue weighted by atomic mass is 35.5. The van der Waals surface area contributed by atoms with E-state index in [2.05, 4.69) is 32.8 Å². The highest BCUT2D eigenvalue weighted by Gasteiger charge is 2.60. The molecule has 6 rings (SSSR count). The van der Waals surface area contributed by atoms with Gasteiger partial charge in [-0.05, 0) is 82.4 Å². The monoisotopic (exact) mass is 739 g/mol. The van der Waals surface area contributed by atoms with Crippen LogP contribution in [0.5, 0.6) is 5.75 Å². The third kappa shape index (κ3) is 6.65. The molecule has 0 radical (unpaired) electrons. The number of carbonyl (C=O) groups excluding carboxylic acids is 2. The summed E-state index contributed by atoms with van der Waals surface area (Å²) >= 11 is 6.56. The topological polar surface area (TPSA) is 136 Å². The van der Waals surface area contributed by atoms with Crippen LogP contribution in [0.15, 0.2) is 59.5 Å². The smallest absolute Gasteiger partial charge is 0.411 e. The summed E-state index contributed by atoms with van der Waals surface area (Å²) in [5.41, 5.74) is -0.611. The lowest BCUT2D eigenvalue weighted by atomic mass is 9.87. The van der Waals surface area contributed by atoms with Crippen LogP contribution in [0.4, 0.5) is 27.5 Å². The molecule has 3 aliphatic rings. The number of halogens is 1. The molecule has 15 heteroatoms. The Morgan fingerprint density at radius 1 is 0.902 bits per heavy atom. The van der Waals surface area contributed by atoms with Crippen molar-refractivity contribution < 1.29 is 27.5 Å². The van der Waals surface area contributed by atoms with Crippen molar-refractivity contribution in [2.24, 2.45) is 0 Å². The first kappa shape index (κ1) is 36.5. The number of fused-ring (bicyclic) bond motifs is 1. The fraction of sp³-hybridized carbons (Fsp3) is 0.444. The number of amides is 2. The molecule has 3 aliphatic heterocycles. The van der Waals surface area contributed by atoms with Crippen molar-refractivity contribution in [2.75, 3.05) is 94.3 Å². The Morgan fingerprint density at radius 2 is 1.53 bits per heavy atom. The summed E-state index contributed by atoms with van der Waals surface area (Å²) in [4.78, 5) is 35.6. The van der Waals surface area contributed by atoms with Crippen molar-refractivity contribution in [1.82, 2.24) is 14.7 Å². The van der Waals surface area contributed by atoms with Crippen LogP contribution in [0.2, 0.25) is 5.02 Å². The van der Waals surface area contributed by atoms with E-state index in [1.165, 1.54) is 18.2 Å². The second-order valence-corrected chi connectivity index (χ2v) is 15.1. The molecule has 13 nitrogen and oxygen atoms in total. The van der Waals surface area contributed by atoms with Gasteiger partial charge in [-0.15, -0.1) is 0 Å². The molecule has 1 unspecified atom stereocenters. The van der Waals surface area contributed by atoms with Gasteiger partial charge >= 0.3 is 6.09 Å². The molecule has 3 heterocycles. The Morgan fingerprint density at radius 3 is 2.10 bits per heavy atom. The van der Waals surface area contributed by atoms with Gasteiger partial charge in [-0.1, -0.05) is 23.7 Å². The Bertz CT molecular complexity index is 1850. The number of nitrogens with zero attached hydrogens (tertiary/aromatic N) is 4. The molecule has 0 aliphatic carbocycles. The number of benzene rings is 3. The number of rotatable bonds is 10. The van der Waals surface area contributed by atoms with E-state index in [4.69, 9.17) is 21.1 Å². The molecular weight excluding hydrogens is 694 g/mol. The van der Waals surface area contributed by atoms with Crippen LogP contribution < -0.4 is 25.0 Å². The van der Waals surface area contributed by atoms with Gasteiger partial charge in [-0.25, -0.2) is 13.2 Å². The number of piperazine rings is 1. The predicted molar refractivity (Wildman–Crippen MR) is 200 cm³/mol. The van der Waals surface area contributed by atoms with Gasteiger partial charge in [0.1, 0.15) is 10.6 Å². The Hall–Kier alpha value is -4.24. The molecule has 51 heavy (non-hydrogen) atoms. The summed E-state index contributed by atoms with van der Waals surface area (Å²) in [6.45, 7) is 6.47. The van der Waals surface area contributed by atoms with E-state index in [1.807, 2.05) is 6.92 Å². The van der Waals surface area contributed by atoms with Gasteiger partial charge in [-0.3, -0.25) is 9.69 Å². The van der Waals surface area contributed by atoms with Crippen molar-refractivity contribution in [1.29, 1.82) is 0 Å². The first-order chi connectivity index (χ1) is 24.5. The first-order valence-corrected chi connectivity index (χ1v) is 19.0. The van der Waals surface area contributed by atoms with E-state index in [0.717, 1.165) is 30.2 Å². The SMILES string of the molecule is CCOc1ccc(C2(OC(=O)N3CCN(C4CCN(C)CC4)CC3)C(=O)N(S(=O)(=O)c3c(NC)cc(NC)cc3NC)c3ccc(Cl)cc32)cc1. The van der Waals surface area contributed by atoms with Crippen molar-refractivity contribution >= 4 is 56.4 Å². The molecule has 3 N–H and O–H groups in total. The first-order valence-electron chi connectivity index (χ1n) is 17.2. The van der Waals surface area contributed by atoms with E-state index in [-0.39, 0.29) is 38.1 Å². The highest BCUT2D eigenvalue weighted by molar-refractivity contribution is 7.94. The number of ether oxygens (including phenoxy) is 2. The third-order valence-electron chi connectivity index (χ3n) is 10.0. The fourth-order valence-electron chi connectivity index (χ4n) is 7.30. The van der Waals surface area contributed by atoms with Crippen LogP contribution in [-0.2, 0) is 25.2 Å². The lowest BCUT2D eigenvalue weighted by Gasteiger charge is -2.42. The number of sulfonamides is 1. The Kier molecular flexibility index (Phi) is 10.6. The molecular formula is C36H46ClN7O6S. The fourth-order valence-corrected chi connectivity index (χ4v) is 9.30. The summed E-state index contributed by atoms with van der Waals surface area (Å²) in [5, 5.41) is 9.21. The van der Waals surface area contributed by atoms with E-state index < -0.39 is 27.6 Å². The molecule has 2 saturated heterocycles. The number of nitrogens with one attached hydrogen (secondary N) is 3. The molecule has 0 aromatic heterocycles. The van der Waals surface area contributed by atoms with Crippen LogP contribution in [0, 0.1) is 0 Å². The number of anilines is 4. The number of hydrogen-bond donors (Lipinski definition) is 3. The second-order valence-electron chi connectivity index (χ2n) is 13.0. The largest absolute Gasteiger partial charge is 0.494 e. The molecule has 274 valence electrons. The molecule has 3 aromatic carbocycles. The van der Waals surface area contributed by atoms with E-state index in [9.17, 15) is 13.2 Å². The maximum Gasteiger partial charge on any atom is 0.411 e. The lowest BCUT2D eigenvalue weighted by molar-refractivity contribution is -0.132. The lowest BCUT2D eigenvalue weighted by Crippen LogP contribution is -2.55. The molecule has 2 fully saturated rings. The van der Waals surface area contributed by atoms with Crippen LogP contribution in [0.3, 0.4) is 0 Å². The number of carbonyl (C=O) groups is 2. The van der Waals surface area contributed by atoms with Gasteiger partial charge in [0.15, 0.2) is 0 Å². The predicted octanol–water partition coefficient (Wildman–Crippen LogP) is 4.69. The van der Waals surface area contributed by atoms with Crippen LogP contribution >= 0.6 is 11.6 Å². The molecule has 1 atom stereocenters. The van der Waals surface area contributed by atoms with Crippen LogP contribution in [0.1, 0.15) is 30.9 Å². The molecule has 2 amide bonds. The zero-order valence-electron chi connectivity index (χ0n) is 29.7. The molecule has 0 spiro atoms. The standard InChI is InChI=1S/C36H46ClN7O6S/c1-6-49-28-10-7-24(8-11-28)36(50-35(46)43-19-17-42(18-20-43)27-13-15-41(5)16-14-27)29-21-25(37)9-12-32(29)44(34(36)45)51(47,48)33-30(39-3)22-26(38-2)23-31(33)40-4/h7-12,21-23,27,38-40H,6,13-20H2,1-5H3. The summed E-state index contributed by atoms with van der Waals surface area (Å²) < 4.78 is 42.6. The van der Waals surface area contributed by atoms with Crippen LogP contribution in [-0.4, -0.2) is 115 Å². The van der Waals surface area contributed by atoms with Crippen molar-refractivity contribution in [2.45, 2.75) is 36.3 Å². The molecule has 3 aromatic rings. The van der Waals surface area contributed by atoms with Gasteiger partial charge in [0.2, 0.25) is 5.60 Å². The van der Waals surface area contributed by atoms with E-state index >= 15 is 4.79 Å². The number of likely N-dealkylation sites (tertiary alicyclic amines) is 1. The maximum absolute atomic E-state index is 15.2. The highest BCUT2D eigenvalue weighted by Crippen LogP contribution is 2.51. The molecule has 0 saturated carbocycles. The van der Waals surface area contributed by atoms with E-state index in [1.54, 1.807) is 62.4 Å². The van der Waals surface area contributed by atoms with Crippen molar-refractivity contribution in [3.05, 3.63) is 70.7 Å². The molecule has 0 bridgehead atoms. The maximum atomic E-state index is 15.2. The normalized spacial score (nSPS) is 20.2. The zero-order chi connectivity index (χ0) is 36.5. The van der Waals surface area contributed by atoms with Crippen molar-refractivity contribution in [3.63, 3.8) is 0 Å². The zero-order valence-corrected chi connectivity index (χ0v) is 31.2. The number of piperidine rings is 1. The minimum Gasteiger partial charge on any atom is -0.494 e. The quantitative estimate of drug-likeness (QED) is 0.267. The summed E-state index contributed by atoms with van der Waals surface area (Å²) in [5.74, 6) is -0.431. The number of hydrogen-bond acceptors (Lipinski definition) is 11. The van der Waals surface area contributed by atoms with Gasteiger partial charge in [0, 0.05) is 75.2 Å². The average Bonchev–Trinajstić information content (AvgIpc) is 3.39. The summed E-state index contributed by atoms with van der Waals surface area (Å²) in [7, 11) is 2.40.